The van der Waals surface area contributed by atoms with Gasteiger partial charge in [-0.2, -0.15) is 0 Å². The van der Waals surface area contributed by atoms with Gasteiger partial charge in [-0.1, -0.05) is 18.2 Å². The maximum atomic E-state index is 11.8. The van der Waals surface area contributed by atoms with E-state index in [2.05, 4.69) is 15.6 Å². The predicted octanol–water partition coefficient (Wildman–Crippen LogP) is 1.93. The maximum Gasteiger partial charge on any atom is 0.257 e. The molecule has 2 amide bonds. The second-order valence-corrected chi connectivity index (χ2v) is 5.22. The van der Waals surface area contributed by atoms with Gasteiger partial charge in [-0.15, -0.1) is 0 Å². The molecule has 0 bridgehead atoms. The number of likely N-dealkylation sites (N-methyl/N-ethyl adjacent to an activating group) is 1. The average molecular weight is 339 g/mol. The zero-order valence-corrected chi connectivity index (χ0v) is 14.1. The third-order valence-electron chi connectivity index (χ3n) is 3.24. The van der Waals surface area contributed by atoms with Crippen LogP contribution < -0.4 is 15.4 Å². The minimum absolute atomic E-state index is 0.0141. The summed E-state index contributed by atoms with van der Waals surface area (Å²) >= 11 is 0. The fourth-order valence-corrected chi connectivity index (χ4v) is 1.99. The molecule has 0 aliphatic heterocycles. The number of amides is 2. The SMILES string of the molecule is CCNC(=O)COc1ccc(/C=C/C(=O)NCc2cccnc2)cc1. The zero-order chi connectivity index (χ0) is 17.9. The third-order valence-corrected chi connectivity index (χ3v) is 3.24. The number of ether oxygens (including phenoxy) is 1. The average Bonchev–Trinajstić information content (AvgIpc) is 2.65. The second-order valence-electron chi connectivity index (χ2n) is 5.22. The molecule has 25 heavy (non-hydrogen) atoms. The van der Waals surface area contributed by atoms with E-state index in [1.165, 1.54) is 6.08 Å². The van der Waals surface area contributed by atoms with E-state index in [-0.39, 0.29) is 18.4 Å². The Morgan fingerprint density at radius 1 is 1.16 bits per heavy atom. The Morgan fingerprint density at radius 3 is 2.64 bits per heavy atom. The van der Waals surface area contributed by atoms with Crippen molar-refractivity contribution in [1.82, 2.24) is 15.6 Å². The smallest absolute Gasteiger partial charge is 0.257 e. The van der Waals surface area contributed by atoms with Gasteiger partial charge in [0.1, 0.15) is 5.75 Å². The lowest BCUT2D eigenvalue weighted by Gasteiger charge is -2.06. The van der Waals surface area contributed by atoms with Gasteiger partial charge in [0, 0.05) is 31.6 Å². The van der Waals surface area contributed by atoms with Crippen LogP contribution in [0.3, 0.4) is 0 Å². The van der Waals surface area contributed by atoms with E-state index in [0.29, 0.717) is 18.8 Å². The molecule has 6 heteroatoms. The molecule has 1 aromatic carbocycles. The Hall–Kier alpha value is -3.15. The highest BCUT2D eigenvalue weighted by Crippen LogP contribution is 2.13. The van der Waals surface area contributed by atoms with Gasteiger partial charge in [0.15, 0.2) is 6.61 Å². The van der Waals surface area contributed by atoms with Crippen LogP contribution in [0.4, 0.5) is 0 Å². The summed E-state index contributed by atoms with van der Waals surface area (Å²) in [6.45, 7) is 2.85. The van der Waals surface area contributed by atoms with Crippen LogP contribution in [0, 0.1) is 0 Å². The number of hydrogen-bond acceptors (Lipinski definition) is 4. The Labute approximate surface area is 146 Å². The largest absolute Gasteiger partial charge is 0.484 e. The van der Waals surface area contributed by atoms with Crippen molar-refractivity contribution in [2.75, 3.05) is 13.2 Å². The van der Waals surface area contributed by atoms with E-state index in [4.69, 9.17) is 4.74 Å². The molecule has 1 aromatic heterocycles. The molecule has 2 aromatic rings. The monoisotopic (exact) mass is 339 g/mol. The van der Waals surface area contributed by atoms with Gasteiger partial charge in [0.2, 0.25) is 5.91 Å². The molecule has 0 radical (unpaired) electrons. The summed E-state index contributed by atoms with van der Waals surface area (Å²) in [7, 11) is 0. The number of carbonyl (C=O) groups excluding carboxylic acids is 2. The summed E-state index contributed by atoms with van der Waals surface area (Å²) in [5.41, 5.74) is 1.81. The van der Waals surface area contributed by atoms with Crippen molar-refractivity contribution >= 4 is 17.9 Å². The van der Waals surface area contributed by atoms with E-state index in [0.717, 1.165) is 11.1 Å². The van der Waals surface area contributed by atoms with Crippen molar-refractivity contribution in [3.63, 3.8) is 0 Å². The molecule has 6 nitrogen and oxygen atoms in total. The van der Waals surface area contributed by atoms with E-state index in [1.807, 2.05) is 31.2 Å². The van der Waals surface area contributed by atoms with Crippen molar-refractivity contribution in [3.05, 3.63) is 66.0 Å². The lowest BCUT2D eigenvalue weighted by molar-refractivity contribution is -0.123. The molecule has 0 fully saturated rings. The number of nitrogens with one attached hydrogen (secondary N) is 2. The number of carbonyl (C=O) groups is 2. The summed E-state index contributed by atoms with van der Waals surface area (Å²) in [5.74, 6) is 0.265. The van der Waals surface area contributed by atoms with Gasteiger partial charge < -0.3 is 15.4 Å². The molecule has 0 saturated carbocycles. The topological polar surface area (TPSA) is 80.3 Å². The lowest BCUT2D eigenvalue weighted by atomic mass is 10.2. The minimum atomic E-state index is -0.180. The summed E-state index contributed by atoms with van der Waals surface area (Å²) in [6.07, 6.45) is 6.59. The highest BCUT2D eigenvalue weighted by molar-refractivity contribution is 5.91. The Bertz CT molecular complexity index is 712. The summed E-state index contributed by atoms with van der Waals surface area (Å²) in [5, 5.41) is 5.45. The fourth-order valence-electron chi connectivity index (χ4n) is 1.99. The fraction of sp³-hybridized carbons (Fsp3) is 0.211. The first kappa shape index (κ1) is 18.2. The Kier molecular flexibility index (Phi) is 7.18. The van der Waals surface area contributed by atoms with Crippen molar-refractivity contribution in [2.24, 2.45) is 0 Å². The van der Waals surface area contributed by atoms with E-state index >= 15 is 0 Å². The number of aromatic nitrogens is 1. The quantitative estimate of drug-likeness (QED) is 0.720. The second kappa shape index (κ2) is 9.87. The molecule has 0 saturated heterocycles. The molecular formula is C19H21N3O3. The first-order valence-electron chi connectivity index (χ1n) is 8.01. The van der Waals surface area contributed by atoms with Crippen LogP contribution in [0.2, 0.25) is 0 Å². The summed E-state index contributed by atoms with van der Waals surface area (Å²) in [6, 6.07) is 10.9. The molecule has 2 N–H and O–H groups in total. The van der Waals surface area contributed by atoms with Gasteiger partial charge in [0.25, 0.3) is 5.91 Å². The zero-order valence-electron chi connectivity index (χ0n) is 14.1. The van der Waals surface area contributed by atoms with E-state index < -0.39 is 0 Å². The Morgan fingerprint density at radius 2 is 1.96 bits per heavy atom. The van der Waals surface area contributed by atoms with Gasteiger partial charge in [-0.05, 0) is 42.3 Å². The normalized spacial score (nSPS) is 10.4. The Balaban J connectivity index is 1.78. The first-order chi connectivity index (χ1) is 12.2. The van der Waals surface area contributed by atoms with Crippen molar-refractivity contribution in [1.29, 1.82) is 0 Å². The molecule has 0 aliphatic carbocycles. The molecule has 0 aliphatic rings. The van der Waals surface area contributed by atoms with E-state index in [9.17, 15) is 9.59 Å². The number of rotatable bonds is 8. The number of benzene rings is 1. The van der Waals surface area contributed by atoms with Gasteiger partial charge in [0.05, 0.1) is 0 Å². The van der Waals surface area contributed by atoms with Crippen LogP contribution in [0.15, 0.2) is 54.9 Å². The van der Waals surface area contributed by atoms with Crippen molar-refractivity contribution < 1.29 is 14.3 Å². The predicted molar refractivity (Wildman–Crippen MR) is 95.7 cm³/mol. The van der Waals surface area contributed by atoms with Crippen LogP contribution >= 0.6 is 0 Å². The van der Waals surface area contributed by atoms with Crippen LogP contribution in [0.5, 0.6) is 5.75 Å². The van der Waals surface area contributed by atoms with Crippen LogP contribution in [-0.2, 0) is 16.1 Å². The molecule has 0 atom stereocenters. The van der Waals surface area contributed by atoms with E-state index in [1.54, 1.807) is 30.6 Å². The van der Waals surface area contributed by atoms with Gasteiger partial charge in [-0.3, -0.25) is 14.6 Å². The molecular weight excluding hydrogens is 318 g/mol. The molecule has 0 spiro atoms. The van der Waals surface area contributed by atoms with Crippen molar-refractivity contribution in [3.8, 4) is 5.75 Å². The van der Waals surface area contributed by atoms with Gasteiger partial charge >= 0.3 is 0 Å². The maximum absolute atomic E-state index is 11.8. The number of nitrogens with zero attached hydrogens (tertiary/aromatic N) is 1. The van der Waals surface area contributed by atoms with Crippen molar-refractivity contribution in [2.45, 2.75) is 13.5 Å². The first-order valence-corrected chi connectivity index (χ1v) is 8.01. The molecule has 0 unspecified atom stereocenters. The molecule has 1 heterocycles. The highest BCUT2D eigenvalue weighted by Gasteiger charge is 2.01. The third kappa shape index (κ3) is 6.87. The lowest BCUT2D eigenvalue weighted by Crippen LogP contribution is -2.28. The van der Waals surface area contributed by atoms with Crippen LogP contribution in [0.1, 0.15) is 18.1 Å². The molecule has 130 valence electrons. The van der Waals surface area contributed by atoms with Crippen LogP contribution in [0.25, 0.3) is 6.08 Å². The molecule has 2 rings (SSSR count). The van der Waals surface area contributed by atoms with Crippen LogP contribution in [-0.4, -0.2) is 29.9 Å². The van der Waals surface area contributed by atoms with Gasteiger partial charge in [-0.25, -0.2) is 0 Å². The standard InChI is InChI=1S/C19H21N3O3/c1-2-21-19(24)14-25-17-8-5-15(6-9-17)7-10-18(23)22-13-16-4-3-11-20-12-16/h3-12H,2,13-14H2,1H3,(H,21,24)(H,22,23)/b10-7+. The summed E-state index contributed by atoms with van der Waals surface area (Å²) in [4.78, 5) is 27.1. The minimum Gasteiger partial charge on any atom is -0.484 e. The summed E-state index contributed by atoms with van der Waals surface area (Å²) < 4.78 is 5.37. The number of hydrogen-bond donors (Lipinski definition) is 2. The highest BCUT2D eigenvalue weighted by atomic mass is 16.5. The number of pyridine rings is 1.